The molecule has 26 heavy (non-hydrogen) atoms. The van der Waals surface area contributed by atoms with E-state index in [9.17, 15) is 14.4 Å². The van der Waals surface area contributed by atoms with Crippen LogP contribution in [0.5, 0.6) is 0 Å². The summed E-state index contributed by atoms with van der Waals surface area (Å²) < 4.78 is 1.13. The fourth-order valence-corrected chi connectivity index (χ4v) is 4.89. The Hall–Kier alpha value is -2.28. The maximum atomic E-state index is 12.4. The van der Waals surface area contributed by atoms with E-state index < -0.39 is 0 Å². The van der Waals surface area contributed by atoms with Crippen LogP contribution in [0.3, 0.4) is 0 Å². The molecule has 2 aliphatic rings. The lowest BCUT2D eigenvalue weighted by molar-refractivity contribution is -0.143. The standard InChI is InChI=1S/C19H21N3O3S/c23-16(11-22-18(24)12-5-1-2-6-13(12)19(22)25)20-10-9-17-21-14-7-3-4-8-15(14)26-17/h3-4,7-8,12-13H,1-2,5-6,9-11H2,(H,20,23). The van der Waals surface area contributed by atoms with E-state index in [4.69, 9.17) is 0 Å². The first-order valence-corrected chi connectivity index (χ1v) is 9.91. The Morgan fingerprint density at radius 1 is 1.15 bits per heavy atom. The summed E-state index contributed by atoms with van der Waals surface area (Å²) in [6.07, 6.45) is 4.15. The van der Waals surface area contributed by atoms with Gasteiger partial charge in [-0.15, -0.1) is 11.3 Å². The van der Waals surface area contributed by atoms with E-state index in [1.54, 1.807) is 11.3 Å². The summed E-state index contributed by atoms with van der Waals surface area (Å²) in [5.41, 5.74) is 0.967. The molecule has 2 fully saturated rings. The van der Waals surface area contributed by atoms with Gasteiger partial charge in [0.2, 0.25) is 17.7 Å². The number of carbonyl (C=O) groups excluding carboxylic acids is 3. The molecule has 1 aromatic carbocycles. The molecule has 1 N–H and O–H groups in total. The first-order chi connectivity index (χ1) is 12.6. The molecular weight excluding hydrogens is 350 g/mol. The molecule has 1 saturated heterocycles. The molecule has 2 heterocycles. The number of amides is 3. The summed E-state index contributed by atoms with van der Waals surface area (Å²) in [6, 6.07) is 7.93. The average molecular weight is 371 g/mol. The summed E-state index contributed by atoms with van der Waals surface area (Å²) in [5, 5.41) is 3.77. The fourth-order valence-electron chi connectivity index (χ4n) is 3.92. The maximum Gasteiger partial charge on any atom is 0.240 e. The number of benzene rings is 1. The normalized spacial score (nSPS) is 22.7. The maximum absolute atomic E-state index is 12.4. The number of carbonyl (C=O) groups is 3. The summed E-state index contributed by atoms with van der Waals surface area (Å²) in [6.45, 7) is 0.284. The predicted molar refractivity (Wildman–Crippen MR) is 98.5 cm³/mol. The van der Waals surface area contributed by atoms with E-state index in [1.165, 1.54) is 0 Å². The molecule has 1 aliphatic carbocycles. The van der Waals surface area contributed by atoms with Crippen molar-refractivity contribution in [2.24, 2.45) is 11.8 Å². The highest BCUT2D eigenvalue weighted by Gasteiger charge is 2.48. The number of aromatic nitrogens is 1. The number of hydrogen-bond donors (Lipinski definition) is 1. The smallest absolute Gasteiger partial charge is 0.240 e. The van der Waals surface area contributed by atoms with Gasteiger partial charge in [-0.1, -0.05) is 25.0 Å². The van der Waals surface area contributed by atoms with Crippen LogP contribution in [-0.4, -0.2) is 40.7 Å². The van der Waals surface area contributed by atoms with E-state index in [0.717, 1.165) is 45.8 Å². The lowest BCUT2D eigenvalue weighted by Gasteiger charge is -2.19. The van der Waals surface area contributed by atoms with Gasteiger partial charge in [-0.2, -0.15) is 0 Å². The second-order valence-corrected chi connectivity index (χ2v) is 8.05. The number of fused-ring (bicyclic) bond motifs is 2. The summed E-state index contributed by atoms with van der Waals surface area (Å²) in [5.74, 6) is -1.02. The molecule has 3 amide bonds. The zero-order chi connectivity index (χ0) is 18.1. The number of rotatable bonds is 5. The summed E-state index contributed by atoms with van der Waals surface area (Å²) >= 11 is 1.62. The molecule has 0 radical (unpaired) electrons. The van der Waals surface area contributed by atoms with Crippen molar-refractivity contribution in [3.8, 4) is 0 Å². The Morgan fingerprint density at radius 2 is 1.85 bits per heavy atom. The van der Waals surface area contributed by atoms with Crippen molar-refractivity contribution < 1.29 is 14.4 Å². The van der Waals surface area contributed by atoms with Gasteiger partial charge in [0, 0.05) is 13.0 Å². The van der Waals surface area contributed by atoms with Crippen LogP contribution < -0.4 is 5.32 Å². The minimum Gasteiger partial charge on any atom is -0.354 e. The monoisotopic (exact) mass is 371 g/mol. The Morgan fingerprint density at radius 3 is 2.54 bits per heavy atom. The summed E-state index contributed by atoms with van der Waals surface area (Å²) in [4.78, 5) is 42.7. The molecule has 4 rings (SSSR count). The minimum absolute atomic E-state index is 0.162. The van der Waals surface area contributed by atoms with Crippen LogP contribution in [-0.2, 0) is 20.8 Å². The van der Waals surface area contributed by atoms with Crippen LogP contribution in [0.4, 0.5) is 0 Å². The van der Waals surface area contributed by atoms with Crippen molar-refractivity contribution in [3.63, 3.8) is 0 Å². The number of para-hydroxylation sites is 1. The minimum atomic E-state index is -0.286. The van der Waals surface area contributed by atoms with Crippen LogP contribution in [0.25, 0.3) is 10.2 Å². The van der Waals surface area contributed by atoms with Crippen LogP contribution >= 0.6 is 11.3 Å². The SMILES string of the molecule is O=C(CN1C(=O)C2CCCCC2C1=O)NCCc1nc2ccccc2s1. The second kappa shape index (κ2) is 7.15. The molecule has 2 unspecified atom stereocenters. The van der Waals surface area contributed by atoms with E-state index in [1.807, 2.05) is 24.3 Å². The highest BCUT2D eigenvalue weighted by molar-refractivity contribution is 7.18. The molecule has 1 aliphatic heterocycles. The van der Waals surface area contributed by atoms with E-state index >= 15 is 0 Å². The third-order valence-electron chi connectivity index (χ3n) is 5.23. The predicted octanol–water partition coefficient (Wildman–Crippen LogP) is 2.13. The topological polar surface area (TPSA) is 79.4 Å². The zero-order valence-corrected chi connectivity index (χ0v) is 15.3. The van der Waals surface area contributed by atoms with Crippen LogP contribution in [0.1, 0.15) is 30.7 Å². The van der Waals surface area contributed by atoms with Crippen molar-refractivity contribution in [2.45, 2.75) is 32.1 Å². The number of nitrogens with one attached hydrogen (secondary N) is 1. The van der Waals surface area contributed by atoms with Crippen LogP contribution in [0.2, 0.25) is 0 Å². The largest absolute Gasteiger partial charge is 0.354 e. The quantitative estimate of drug-likeness (QED) is 0.817. The molecule has 136 valence electrons. The van der Waals surface area contributed by atoms with Crippen molar-refractivity contribution in [1.82, 2.24) is 15.2 Å². The van der Waals surface area contributed by atoms with Gasteiger partial charge in [0.05, 0.1) is 27.1 Å². The molecule has 0 bridgehead atoms. The first kappa shape index (κ1) is 17.1. The number of imide groups is 1. The third-order valence-corrected chi connectivity index (χ3v) is 6.33. The summed E-state index contributed by atoms with van der Waals surface area (Å²) in [7, 11) is 0. The Labute approximate surface area is 155 Å². The van der Waals surface area contributed by atoms with Gasteiger partial charge in [-0.05, 0) is 25.0 Å². The molecular formula is C19H21N3O3S. The molecule has 2 aromatic rings. The number of thiazole rings is 1. The zero-order valence-electron chi connectivity index (χ0n) is 14.4. The van der Waals surface area contributed by atoms with Crippen molar-refractivity contribution >= 4 is 39.3 Å². The highest BCUT2D eigenvalue weighted by Crippen LogP contribution is 2.37. The number of likely N-dealkylation sites (tertiary alicyclic amines) is 1. The van der Waals surface area contributed by atoms with Gasteiger partial charge < -0.3 is 5.32 Å². The van der Waals surface area contributed by atoms with Crippen LogP contribution in [0, 0.1) is 11.8 Å². The van der Waals surface area contributed by atoms with Gasteiger partial charge in [0.25, 0.3) is 0 Å². The average Bonchev–Trinajstić information content (AvgIpc) is 3.16. The first-order valence-electron chi connectivity index (χ1n) is 9.10. The molecule has 6 nitrogen and oxygen atoms in total. The Balaban J connectivity index is 1.30. The Bertz CT molecular complexity index is 806. The molecule has 0 spiro atoms. The lowest BCUT2D eigenvalue weighted by Crippen LogP contribution is -2.41. The van der Waals surface area contributed by atoms with Gasteiger partial charge >= 0.3 is 0 Å². The van der Waals surface area contributed by atoms with E-state index in [2.05, 4.69) is 10.3 Å². The Kier molecular flexibility index (Phi) is 4.72. The molecule has 1 saturated carbocycles. The van der Waals surface area contributed by atoms with Crippen molar-refractivity contribution in [2.75, 3.05) is 13.1 Å². The highest BCUT2D eigenvalue weighted by atomic mass is 32.1. The fraction of sp³-hybridized carbons (Fsp3) is 0.474. The molecule has 2 atom stereocenters. The molecule has 7 heteroatoms. The lowest BCUT2D eigenvalue weighted by atomic mass is 9.81. The van der Waals surface area contributed by atoms with Crippen LogP contribution in [0.15, 0.2) is 24.3 Å². The van der Waals surface area contributed by atoms with Gasteiger partial charge in [0.15, 0.2) is 0 Å². The molecule has 1 aromatic heterocycles. The van der Waals surface area contributed by atoms with Gasteiger partial charge in [0.1, 0.15) is 6.54 Å². The van der Waals surface area contributed by atoms with Crippen molar-refractivity contribution in [1.29, 1.82) is 0 Å². The van der Waals surface area contributed by atoms with E-state index in [-0.39, 0.29) is 36.1 Å². The van der Waals surface area contributed by atoms with Crippen molar-refractivity contribution in [3.05, 3.63) is 29.3 Å². The third kappa shape index (κ3) is 3.23. The van der Waals surface area contributed by atoms with E-state index in [0.29, 0.717) is 13.0 Å². The number of hydrogen-bond acceptors (Lipinski definition) is 5. The van der Waals surface area contributed by atoms with Gasteiger partial charge in [-0.25, -0.2) is 4.98 Å². The van der Waals surface area contributed by atoms with Gasteiger partial charge in [-0.3, -0.25) is 19.3 Å². The second-order valence-electron chi connectivity index (χ2n) is 6.94. The number of nitrogens with zero attached hydrogens (tertiary/aromatic N) is 2.